The first-order chi connectivity index (χ1) is 34.3. The minimum atomic E-state index is -2.45. The normalized spacial score (nSPS) is 37.7. The first kappa shape index (κ1) is 61.9. The van der Waals surface area contributed by atoms with E-state index in [1.165, 1.54) is 12.0 Å². The molecule has 3 aliphatic heterocycles. The summed E-state index contributed by atoms with van der Waals surface area (Å²) in [5.41, 5.74) is 1.26. The van der Waals surface area contributed by atoms with Crippen molar-refractivity contribution in [3.05, 3.63) is 47.6 Å². The minimum absolute atomic E-state index is 0.00824. The van der Waals surface area contributed by atoms with Crippen LogP contribution < -0.4 is 0 Å². The third-order valence-corrected chi connectivity index (χ3v) is 16.1. The fourth-order valence-electron chi connectivity index (χ4n) is 10.8. The zero-order valence-corrected chi connectivity index (χ0v) is 47.1. The highest BCUT2D eigenvalue weighted by atomic mass is 127. The van der Waals surface area contributed by atoms with Gasteiger partial charge in [-0.3, -0.25) is 19.2 Å². The van der Waals surface area contributed by atoms with Crippen molar-refractivity contribution in [2.75, 3.05) is 52.1 Å². The van der Waals surface area contributed by atoms with E-state index in [-0.39, 0.29) is 73.9 Å². The van der Waals surface area contributed by atoms with Gasteiger partial charge in [-0.25, -0.2) is 4.79 Å². The molecule has 0 aromatic rings. The molecule has 15 atom stereocenters. The monoisotopic (exact) mass is 1130 g/mol. The van der Waals surface area contributed by atoms with E-state index in [0.717, 1.165) is 35.7 Å². The fourth-order valence-corrected chi connectivity index (χ4v) is 11.1. The van der Waals surface area contributed by atoms with Crippen molar-refractivity contribution in [3.8, 4) is 0 Å². The van der Waals surface area contributed by atoms with Gasteiger partial charge in [-0.05, 0) is 113 Å². The molecule has 4 aliphatic rings. The van der Waals surface area contributed by atoms with E-state index >= 15 is 0 Å². The van der Waals surface area contributed by atoms with Crippen LogP contribution in [0.1, 0.15) is 132 Å². The molecule has 0 spiro atoms. The summed E-state index contributed by atoms with van der Waals surface area (Å²) in [5, 5.41) is 23.6. The Hall–Kier alpha value is -2.68. The molecule has 1 amide bonds. The molecule has 1 saturated carbocycles. The van der Waals surface area contributed by atoms with Crippen LogP contribution in [0.15, 0.2) is 47.6 Å². The van der Waals surface area contributed by atoms with E-state index < -0.39 is 77.8 Å². The molecule has 2 N–H and O–H groups in total. The van der Waals surface area contributed by atoms with E-state index in [9.17, 15) is 34.2 Å². The lowest BCUT2D eigenvalue weighted by Crippen LogP contribution is -2.61. The average Bonchev–Trinajstić information content (AvgIpc) is 3.36. The van der Waals surface area contributed by atoms with Gasteiger partial charge in [0.25, 0.3) is 11.7 Å². The predicted molar refractivity (Wildman–Crippen MR) is 283 cm³/mol. The predicted octanol–water partition coefficient (Wildman–Crippen LogP) is 8.05. The van der Waals surface area contributed by atoms with Crippen LogP contribution in [-0.4, -0.2) is 151 Å². The summed E-state index contributed by atoms with van der Waals surface area (Å²) in [6.07, 6.45) is 13.5. The van der Waals surface area contributed by atoms with Gasteiger partial charge >= 0.3 is 5.97 Å². The van der Waals surface area contributed by atoms with Crippen LogP contribution in [-0.2, 0) is 57.1 Å². The summed E-state index contributed by atoms with van der Waals surface area (Å²) in [5.74, 6) is -7.85. The van der Waals surface area contributed by atoms with E-state index in [1.807, 2.05) is 58.1 Å². The Labute approximate surface area is 443 Å². The van der Waals surface area contributed by atoms with Crippen LogP contribution in [0.2, 0.25) is 0 Å². The van der Waals surface area contributed by atoms with Gasteiger partial charge < -0.3 is 48.3 Å². The van der Waals surface area contributed by atoms with Crippen molar-refractivity contribution < 1.29 is 67.3 Å². The fraction of sp³-hybridized carbons (Fsp3) is 0.768. The molecule has 2 saturated heterocycles. The Kier molecular flexibility index (Phi) is 26.4. The molecule has 408 valence electrons. The molecule has 1 aliphatic carbocycles. The van der Waals surface area contributed by atoms with Crippen molar-refractivity contribution in [2.24, 2.45) is 35.5 Å². The molecule has 0 radical (unpaired) electrons. The Morgan fingerprint density at radius 1 is 0.847 bits per heavy atom. The highest BCUT2D eigenvalue weighted by Crippen LogP contribution is 2.38. The number of nitrogens with zero attached hydrogens (tertiary/aromatic N) is 1. The quantitative estimate of drug-likeness (QED) is 0.0449. The minimum Gasteiger partial charge on any atom is -0.460 e. The third-order valence-electron chi connectivity index (χ3n) is 15.4. The average molecular weight is 1130 g/mol. The molecular formula is C56H88INO14. The number of aliphatic hydroxyl groups is 2. The van der Waals surface area contributed by atoms with Crippen molar-refractivity contribution >= 4 is 51.8 Å². The van der Waals surface area contributed by atoms with Crippen LogP contribution in [0.3, 0.4) is 0 Å². The molecule has 2 bridgehead atoms. The number of ether oxygens (including phenoxy) is 7. The number of halogens is 1. The van der Waals surface area contributed by atoms with Crippen molar-refractivity contribution in [2.45, 2.75) is 186 Å². The second-order valence-corrected chi connectivity index (χ2v) is 22.2. The number of piperidine rings is 1. The number of carbonyl (C=O) groups excluding carboxylic acids is 5. The van der Waals surface area contributed by atoms with Crippen LogP contribution in [0.4, 0.5) is 0 Å². The molecule has 3 heterocycles. The lowest BCUT2D eigenvalue weighted by molar-refractivity contribution is -0.266. The van der Waals surface area contributed by atoms with Crippen molar-refractivity contribution in [3.63, 3.8) is 0 Å². The van der Waals surface area contributed by atoms with E-state index in [2.05, 4.69) is 22.6 Å². The van der Waals surface area contributed by atoms with Gasteiger partial charge in [0.15, 0.2) is 5.78 Å². The SMILES string of the molecule is COCCO[C@H]1C[C@@H]2CC[C@@H](C)[C@@](O)(O2)C(=O)C(=O)N2CCCC[C@H]2C(=O)O[C@H]([C@H](C)C[C@@H]2CC[C@@H](OCCCI)[C@H](OC)C2)CC(=O)[C@H](C)/C=C(\C)[C@@H](O)[C@@H](OC)C(=O)[C@H](C)C[C@H](C)/C=C/C=C/C=C/1C. The lowest BCUT2D eigenvalue weighted by atomic mass is 9.78. The first-order valence-electron chi connectivity index (χ1n) is 26.5. The summed E-state index contributed by atoms with van der Waals surface area (Å²) in [6.45, 7) is 14.2. The number of cyclic esters (lactones) is 1. The maximum atomic E-state index is 14.6. The lowest BCUT2D eigenvalue weighted by Gasteiger charge is -2.43. The molecular weight excluding hydrogens is 1040 g/mol. The van der Waals surface area contributed by atoms with Gasteiger partial charge in [-0.15, -0.1) is 0 Å². The number of esters is 1. The molecule has 3 fully saturated rings. The van der Waals surface area contributed by atoms with Crippen molar-refractivity contribution in [1.82, 2.24) is 4.90 Å². The number of hydrogen-bond acceptors (Lipinski definition) is 14. The van der Waals surface area contributed by atoms with Gasteiger partial charge in [0.1, 0.15) is 30.1 Å². The summed E-state index contributed by atoms with van der Waals surface area (Å²) >= 11 is 2.34. The number of hydrogen-bond donors (Lipinski definition) is 2. The highest BCUT2D eigenvalue weighted by Gasteiger charge is 2.53. The number of ketones is 3. The zero-order chi connectivity index (χ0) is 53.1. The van der Waals surface area contributed by atoms with Crippen LogP contribution in [0.5, 0.6) is 0 Å². The Balaban J connectivity index is 1.71. The summed E-state index contributed by atoms with van der Waals surface area (Å²) < 4.78 is 42.9. The largest absolute Gasteiger partial charge is 0.460 e. The Morgan fingerprint density at radius 3 is 2.29 bits per heavy atom. The van der Waals surface area contributed by atoms with Gasteiger partial charge in [0, 0.05) is 69.5 Å². The Morgan fingerprint density at radius 2 is 1.60 bits per heavy atom. The number of Topliss-reactive ketones (excluding diaryl/α,β-unsaturated/α-hetero) is 3. The van der Waals surface area contributed by atoms with Crippen molar-refractivity contribution in [1.29, 1.82) is 0 Å². The number of alkyl halides is 1. The van der Waals surface area contributed by atoms with Gasteiger partial charge in [0.2, 0.25) is 5.79 Å². The zero-order valence-electron chi connectivity index (χ0n) is 44.9. The number of rotatable bonds is 13. The molecule has 15 nitrogen and oxygen atoms in total. The maximum Gasteiger partial charge on any atom is 0.329 e. The van der Waals surface area contributed by atoms with E-state index in [0.29, 0.717) is 57.3 Å². The number of aliphatic hydroxyl groups excluding tert-OH is 1. The molecule has 0 unspecified atom stereocenters. The van der Waals surface area contributed by atoms with Crippen LogP contribution in [0, 0.1) is 35.5 Å². The number of fused-ring (bicyclic) bond motifs is 3. The standard InChI is InChI=1S/C56H88INO14/c1-35-17-12-11-13-18-36(2)47(70-28-27-66-8)33-43-22-20-41(7)56(65,72-43)53(62)54(63)58-25-15-14-19-44(58)55(64)71-48(38(4)31-42-21-23-46(49(32-42)67-9)69-26-16-24-57)34-45(59)37(3)30-40(6)51(61)52(68-10)50(60)39(5)29-35/h11-13,17-18,30,35,37-39,41-44,46-49,51-52,61,65H,14-16,19-29,31-34H2,1-10H3/b13-11+,17-12+,36-18+,40-30+/t35-,37-,38-,39-,41-,42+,43+,44+,46-,47+,48+,49-,51-,52+,56-/m1/s1. The second-order valence-electron chi connectivity index (χ2n) is 21.1. The summed E-state index contributed by atoms with van der Waals surface area (Å²) in [6, 6.07) is -1.14. The molecule has 0 aromatic heterocycles. The topological polar surface area (TPSA) is 194 Å². The number of allylic oxidation sites excluding steroid dienone is 6. The van der Waals surface area contributed by atoms with E-state index in [4.69, 9.17) is 33.2 Å². The summed E-state index contributed by atoms with van der Waals surface area (Å²) in [4.78, 5) is 72.7. The summed E-state index contributed by atoms with van der Waals surface area (Å²) in [7, 11) is 4.67. The third kappa shape index (κ3) is 17.7. The Bertz CT molecular complexity index is 1890. The molecule has 72 heavy (non-hydrogen) atoms. The van der Waals surface area contributed by atoms with E-state index in [1.54, 1.807) is 41.1 Å². The second kappa shape index (κ2) is 30.8. The molecule has 16 heteroatoms. The van der Waals surface area contributed by atoms with Gasteiger partial charge in [-0.2, -0.15) is 0 Å². The number of methoxy groups -OCH3 is 3. The first-order valence-corrected chi connectivity index (χ1v) is 28.1. The molecule has 4 rings (SSSR count). The van der Waals surface area contributed by atoms with Crippen LogP contribution >= 0.6 is 22.6 Å². The van der Waals surface area contributed by atoms with Crippen LogP contribution in [0.25, 0.3) is 0 Å². The molecule has 0 aromatic carbocycles. The van der Waals surface area contributed by atoms with Gasteiger partial charge in [-0.1, -0.05) is 93.7 Å². The number of amides is 1. The smallest absolute Gasteiger partial charge is 0.329 e. The maximum absolute atomic E-state index is 14.6. The highest BCUT2D eigenvalue weighted by molar-refractivity contribution is 14.1. The van der Waals surface area contributed by atoms with Gasteiger partial charge in [0.05, 0.1) is 37.6 Å². The number of carbonyl (C=O) groups is 5.